The summed E-state index contributed by atoms with van der Waals surface area (Å²) in [5.74, 6) is -5.46. The number of benzene rings is 1. The predicted molar refractivity (Wildman–Crippen MR) is 98.9 cm³/mol. The maximum Gasteiger partial charge on any atom is 0.306 e. The van der Waals surface area contributed by atoms with Crippen LogP contribution in [0.1, 0.15) is 76.7 Å². The third-order valence-corrected chi connectivity index (χ3v) is 4.24. The van der Waals surface area contributed by atoms with Crippen molar-refractivity contribution in [2.45, 2.75) is 77.7 Å². The van der Waals surface area contributed by atoms with E-state index in [1.54, 1.807) is 0 Å². The maximum absolute atomic E-state index is 13.1. The standard InChI is InChI=1S/C21H29F3O4/c1-2-3-4-5-6-7-8-9-12-27-19(25)10-11-20(26)28-15-16-13-17(22)21(24)18(23)14-16/h13-14H,2-12,15H2,1H3. The molecule has 4 nitrogen and oxygen atoms in total. The summed E-state index contributed by atoms with van der Waals surface area (Å²) in [6.45, 7) is 2.11. The first kappa shape index (κ1) is 24.0. The van der Waals surface area contributed by atoms with Crippen LogP contribution in [-0.4, -0.2) is 18.5 Å². The molecule has 0 spiro atoms. The van der Waals surface area contributed by atoms with E-state index in [0.29, 0.717) is 6.61 Å². The Balaban J connectivity index is 2.08. The van der Waals surface area contributed by atoms with Crippen molar-refractivity contribution >= 4 is 11.9 Å². The quantitative estimate of drug-likeness (QED) is 0.231. The molecule has 0 unspecified atom stereocenters. The summed E-state index contributed by atoms with van der Waals surface area (Å²) in [7, 11) is 0. The van der Waals surface area contributed by atoms with Gasteiger partial charge in [0.25, 0.3) is 0 Å². The fourth-order valence-electron chi connectivity index (χ4n) is 2.63. The molecule has 7 heteroatoms. The van der Waals surface area contributed by atoms with E-state index >= 15 is 0 Å². The van der Waals surface area contributed by atoms with E-state index in [9.17, 15) is 22.8 Å². The lowest BCUT2D eigenvalue weighted by atomic mass is 10.1. The summed E-state index contributed by atoms with van der Waals surface area (Å²) in [6.07, 6.45) is 8.83. The van der Waals surface area contributed by atoms with Crippen LogP contribution in [0.5, 0.6) is 0 Å². The average Bonchev–Trinajstić information content (AvgIpc) is 2.67. The van der Waals surface area contributed by atoms with Crippen LogP contribution in [0.3, 0.4) is 0 Å². The molecule has 0 atom stereocenters. The number of carbonyl (C=O) groups excluding carboxylic acids is 2. The van der Waals surface area contributed by atoms with E-state index in [1.165, 1.54) is 32.1 Å². The Morgan fingerprint density at radius 1 is 0.786 bits per heavy atom. The Labute approximate surface area is 164 Å². The smallest absolute Gasteiger partial charge is 0.306 e. The molecule has 0 bridgehead atoms. The minimum absolute atomic E-state index is 0.0120. The van der Waals surface area contributed by atoms with Gasteiger partial charge in [-0.3, -0.25) is 9.59 Å². The van der Waals surface area contributed by atoms with E-state index in [-0.39, 0.29) is 18.4 Å². The number of rotatable bonds is 14. The van der Waals surface area contributed by atoms with Crippen LogP contribution in [0, 0.1) is 17.5 Å². The topological polar surface area (TPSA) is 52.6 Å². The van der Waals surface area contributed by atoms with Crippen LogP contribution in [0.15, 0.2) is 12.1 Å². The monoisotopic (exact) mass is 402 g/mol. The minimum Gasteiger partial charge on any atom is -0.466 e. The fraction of sp³-hybridized carbons (Fsp3) is 0.619. The van der Waals surface area contributed by atoms with Crippen molar-refractivity contribution in [1.82, 2.24) is 0 Å². The Morgan fingerprint density at radius 3 is 1.86 bits per heavy atom. The zero-order chi connectivity index (χ0) is 20.8. The van der Waals surface area contributed by atoms with Gasteiger partial charge in [-0.05, 0) is 24.1 Å². The van der Waals surface area contributed by atoms with Crippen molar-refractivity contribution in [3.63, 3.8) is 0 Å². The SMILES string of the molecule is CCCCCCCCCCOC(=O)CCC(=O)OCc1cc(F)c(F)c(F)c1. The predicted octanol–water partition coefficient (Wildman–Crippen LogP) is 5.61. The highest BCUT2D eigenvalue weighted by Crippen LogP contribution is 2.14. The maximum atomic E-state index is 13.1. The molecule has 1 aromatic rings. The first-order valence-corrected chi connectivity index (χ1v) is 9.88. The molecule has 0 heterocycles. The van der Waals surface area contributed by atoms with Crippen molar-refractivity contribution < 1.29 is 32.2 Å². The molecule has 0 saturated carbocycles. The third-order valence-electron chi connectivity index (χ3n) is 4.24. The lowest BCUT2D eigenvalue weighted by molar-refractivity contribution is -0.151. The van der Waals surface area contributed by atoms with Crippen LogP contribution in [-0.2, 0) is 25.7 Å². The lowest BCUT2D eigenvalue weighted by Gasteiger charge is -2.07. The summed E-state index contributed by atoms with van der Waals surface area (Å²) in [5, 5.41) is 0. The normalized spacial score (nSPS) is 10.7. The van der Waals surface area contributed by atoms with Crippen molar-refractivity contribution in [1.29, 1.82) is 0 Å². The summed E-state index contributed by atoms with van der Waals surface area (Å²) in [6, 6.07) is 1.51. The van der Waals surface area contributed by atoms with Gasteiger partial charge in [0.2, 0.25) is 0 Å². The molecule has 0 aliphatic carbocycles. The summed E-state index contributed by atoms with van der Waals surface area (Å²) in [5.41, 5.74) is -0.0120. The first-order valence-electron chi connectivity index (χ1n) is 9.88. The van der Waals surface area contributed by atoms with Gasteiger partial charge in [-0.2, -0.15) is 0 Å². The molecule has 0 saturated heterocycles. The number of esters is 2. The summed E-state index contributed by atoms with van der Waals surface area (Å²) in [4.78, 5) is 23.2. The second-order valence-corrected chi connectivity index (χ2v) is 6.73. The summed E-state index contributed by atoms with van der Waals surface area (Å²) < 4.78 is 48.9. The minimum atomic E-state index is -1.57. The zero-order valence-corrected chi connectivity index (χ0v) is 16.4. The van der Waals surface area contributed by atoms with Gasteiger partial charge < -0.3 is 9.47 Å². The number of hydrogen-bond donors (Lipinski definition) is 0. The zero-order valence-electron chi connectivity index (χ0n) is 16.4. The molecule has 158 valence electrons. The molecule has 0 aromatic heterocycles. The Hall–Kier alpha value is -2.05. The van der Waals surface area contributed by atoms with E-state index in [1.807, 2.05) is 0 Å². The second kappa shape index (κ2) is 14.0. The molecule has 1 rings (SSSR count). The molecular formula is C21H29F3O4. The van der Waals surface area contributed by atoms with Gasteiger partial charge in [0, 0.05) is 0 Å². The van der Waals surface area contributed by atoms with Crippen LogP contribution in [0.25, 0.3) is 0 Å². The van der Waals surface area contributed by atoms with Crippen LogP contribution < -0.4 is 0 Å². The van der Waals surface area contributed by atoms with Gasteiger partial charge in [-0.1, -0.05) is 51.9 Å². The highest BCUT2D eigenvalue weighted by Gasteiger charge is 2.13. The van der Waals surface area contributed by atoms with Gasteiger partial charge in [0.15, 0.2) is 17.5 Å². The fourth-order valence-corrected chi connectivity index (χ4v) is 2.63. The lowest BCUT2D eigenvalue weighted by Crippen LogP contribution is -2.11. The second-order valence-electron chi connectivity index (χ2n) is 6.73. The number of hydrogen-bond acceptors (Lipinski definition) is 4. The highest BCUT2D eigenvalue weighted by atomic mass is 19.2. The summed E-state index contributed by atoms with van der Waals surface area (Å²) >= 11 is 0. The largest absolute Gasteiger partial charge is 0.466 e. The Kier molecular flexibility index (Phi) is 12.0. The number of unbranched alkanes of at least 4 members (excludes halogenated alkanes) is 7. The molecule has 0 fully saturated rings. The van der Waals surface area contributed by atoms with Crippen molar-refractivity contribution in [3.8, 4) is 0 Å². The van der Waals surface area contributed by atoms with Gasteiger partial charge in [-0.25, -0.2) is 13.2 Å². The van der Waals surface area contributed by atoms with Gasteiger partial charge >= 0.3 is 11.9 Å². The van der Waals surface area contributed by atoms with Crippen molar-refractivity contribution in [3.05, 3.63) is 35.1 Å². The van der Waals surface area contributed by atoms with Gasteiger partial charge in [0.05, 0.1) is 19.4 Å². The third kappa shape index (κ3) is 10.3. The molecule has 1 aromatic carbocycles. The highest BCUT2D eigenvalue weighted by molar-refractivity contribution is 5.77. The van der Waals surface area contributed by atoms with Crippen LogP contribution in [0.4, 0.5) is 13.2 Å². The number of ether oxygens (including phenoxy) is 2. The molecule has 0 aliphatic heterocycles. The number of carbonyl (C=O) groups is 2. The molecular weight excluding hydrogens is 373 g/mol. The van der Waals surface area contributed by atoms with E-state index in [0.717, 1.165) is 31.4 Å². The molecule has 0 amide bonds. The van der Waals surface area contributed by atoms with E-state index in [2.05, 4.69) is 6.92 Å². The van der Waals surface area contributed by atoms with Crippen LogP contribution >= 0.6 is 0 Å². The van der Waals surface area contributed by atoms with E-state index in [4.69, 9.17) is 9.47 Å². The van der Waals surface area contributed by atoms with Crippen molar-refractivity contribution in [2.75, 3.05) is 6.61 Å². The Bertz CT molecular complexity index is 597. The molecule has 0 N–H and O–H groups in total. The molecule has 28 heavy (non-hydrogen) atoms. The molecule has 0 aliphatic rings. The first-order chi connectivity index (χ1) is 13.4. The van der Waals surface area contributed by atoms with Gasteiger partial charge in [-0.15, -0.1) is 0 Å². The van der Waals surface area contributed by atoms with Crippen molar-refractivity contribution in [2.24, 2.45) is 0 Å². The van der Waals surface area contributed by atoms with E-state index < -0.39 is 36.0 Å². The average molecular weight is 402 g/mol. The van der Waals surface area contributed by atoms with Gasteiger partial charge in [0.1, 0.15) is 6.61 Å². The Morgan fingerprint density at radius 2 is 1.29 bits per heavy atom. The van der Waals surface area contributed by atoms with Crippen LogP contribution in [0.2, 0.25) is 0 Å². The number of halogens is 3. The molecule has 0 radical (unpaired) electrons.